The number of hydrazone groups is 1. The highest BCUT2D eigenvalue weighted by atomic mass is 16.3. The summed E-state index contributed by atoms with van der Waals surface area (Å²) in [6.45, 7) is 2.25. The third kappa shape index (κ3) is 4.27. The van der Waals surface area contributed by atoms with E-state index in [1.54, 1.807) is 24.4 Å². The predicted octanol–water partition coefficient (Wildman–Crippen LogP) is 2.48. The summed E-state index contributed by atoms with van der Waals surface area (Å²) in [5.41, 5.74) is 6.11. The summed E-state index contributed by atoms with van der Waals surface area (Å²) >= 11 is 0. The maximum atomic E-state index is 12.5. The van der Waals surface area contributed by atoms with Crippen molar-refractivity contribution in [3.63, 3.8) is 0 Å². The van der Waals surface area contributed by atoms with Crippen molar-refractivity contribution in [1.82, 2.24) is 14.9 Å². The standard InChI is InChI=1S/C21H21N5O2/c27-17-8-4-7-16(11-17)12-22-25-21-23-19-9-10-26(14-18(19)20(28)24-21)13-15-5-2-1-3-6-15/h1-8,11-12,27H,9-10,13-14H2,(H2,23,24,25,28)/b22-12-. The minimum Gasteiger partial charge on any atom is -0.508 e. The Hall–Kier alpha value is -3.45. The van der Waals surface area contributed by atoms with Crippen molar-refractivity contribution in [2.24, 2.45) is 5.10 Å². The number of hydrogen-bond acceptors (Lipinski definition) is 6. The van der Waals surface area contributed by atoms with E-state index >= 15 is 0 Å². The molecule has 0 saturated heterocycles. The molecule has 2 aromatic carbocycles. The number of nitrogens with zero attached hydrogens (tertiary/aromatic N) is 3. The molecule has 0 bridgehead atoms. The van der Waals surface area contributed by atoms with Crippen LogP contribution in [0.3, 0.4) is 0 Å². The van der Waals surface area contributed by atoms with Crippen LogP contribution in [0.2, 0.25) is 0 Å². The van der Waals surface area contributed by atoms with E-state index in [0.717, 1.165) is 30.8 Å². The Bertz CT molecular complexity index is 1050. The van der Waals surface area contributed by atoms with E-state index in [1.807, 2.05) is 24.3 Å². The highest BCUT2D eigenvalue weighted by molar-refractivity contribution is 5.80. The van der Waals surface area contributed by atoms with Crippen LogP contribution in [0, 0.1) is 0 Å². The SMILES string of the molecule is O=c1[nH]c(N/N=C\c2cccc(O)c2)nc2c1CN(Cc1ccccc1)CC2. The van der Waals surface area contributed by atoms with Gasteiger partial charge in [0, 0.05) is 26.1 Å². The van der Waals surface area contributed by atoms with Crippen molar-refractivity contribution in [2.75, 3.05) is 12.0 Å². The monoisotopic (exact) mass is 375 g/mol. The lowest BCUT2D eigenvalue weighted by Gasteiger charge is -2.27. The third-order valence-corrected chi connectivity index (χ3v) is 4.65. The highest BCUT2D eigenvalue weighted by Gasteiger charge is 2.21. The van der Waals surface area contributed by atoms with Gasteiger partial charge >= 0.3 is 0 Å². The normalized spacial score (nSPS) is 14.1. The minimum atomic E-state index is -0.141. The summed E-state index contributed by atoms with van der Waals surface area (Å²) in [7, 11) is 0. The molecule has 0 atom stereocenters. The molecule has 142 valence electrons. The predicted molar refractivity (Wildman–Crippen MR) is 108 cm³/mol. The Kier molecular flexibility index (Phi) is 5.16. The van der Waals surface area contributed by atoms with Crippen molar-refractivity contribution in [3.05, 3.63) is 87.3 Å². The number of hydrogen-bond donors (Lipinski definition) is 3. The lowest BCUT2D eigenvalue weighted by atomic mass is 10.1. The quantitative estimate of drug-likeness (QED) is 0.471. The van der Waals surface area contributed by atoms with Gasteiger partial charge in [-0.15, -0.1) is 0 Å². The molecule has 3 aromatic rings. The molecule has 4 rings (SSSR count). The first-order valence-electron chi connectivity index (χ1n) is 9.14. The zero-order chi connectivity index (χ0) is 19.3. The molecule has 7 heteroatoms. The van der Waals surface area contributed by atoms with E-state index < -0.39 is 0 Å². The van der Waals surface area contributed by atoms with Gasteiger partial charge in [-0.2, -0.15) is 5.10 Å². The summed E-state index contributed by atoms with van der Waals surface area (Å²) in [4.78, 5) is 22.0. The molecule has 3 N–H and O–H groups in total. The van der Waals surface area contributed by atoms with Crippen molar-refractivity contribution in [1.29, 1.82) is 0 Å². The number of H-pyrrole nitrogens is 1. The van der Waals surface area contributed by atoms with Gasteiger partial charge in [-0.05, 0) is 23.3 Å². The molecule has 0 radical (unpaired) electrons. The van der Waals surface area contributed by atoms with E-state index in [9.17, 15) is 9.90 Å². The van der Waals surface area contributed by atoms with Crippen molar-refractivity contribution in [3.8, 4) is 5.75 Å². The Morgan fingerprint density at radius 1 is 1.21 bits per heavy atom. The summed E-state index contributed by atoms with van der Waals surface area (Å²) < 4.78 is 0. The molecule has 1 aromatic heterocycles. The molecule has 0 saturated carbocycles. The molecule has 0 amide bonds. The second kappa shape index (κ2) is 8.06. The highest BCUT2D eigenvalue weighted by Crippen LogP contribution is 2.17. The number of anilines is 1. The molecule has 7 nitrogen and oxygen atoms in total. The Morgan fingerprint density at radius 2 is 2.07 bits per heavy atom. The number of phenols is 1. The first kappa shape index (κ1) is 17.9. The fourth-order valence-electron chi connectivity index (χ4n) is 3.28. The largest absolute Gasteiger partial charge is 0.508 e. The van der Waals surface area contributed by atoms with E-state index in [-0.39, 0.29) is 11.3 Å². The summed E-state index contributed by atoms with van der Waals surface area (Å²) in [6.07, 6.45) is 2.28. The number of rotatable bonds is 5. The number of aromatic hydroxyl groups is 1. The van der Waals surface area contributed by atoms with Crippen LogP contribution in [-0.4, -0.2) is 32.7 Å². The van der Waals surface area contributed by atoms with Crippen LogP contribution in [0.1, 0.15) is 22.4 Å². The van der Waals surface area contributed by atoms with E-state index in [2.05, 4.69) is 37.5 Å². The summed E-state index contributed by atoms with van der Waals surface area (Å²) in [5.74, 6) is 0.487. The topological polar surface area (TPSA) is 93.6 Å². The van der Waals surface area contributed by atoms with Gasteiger partial charge in [-0.1, -0.05) is 42.5 Å². The van der Waals surface area contributed by atoms with Crippen LogP contribution in [0.25, 0.3) is 0 Å². The molecule has 0 aliphatic carbocycles. The Morgan fingerprint density at radius 3 is 2.89 bits per heavy atom. The van der Waals surface area contributed by atoms with Crippen LogP contribution in [-0.2, 0) is 19.5 Å². The third-order valence-electron chi connectivity index (χ3n) is 4.65. The zero-order valence-electron chi connectivity index (χ0n) is 15.3. The molecule has 1 aliphatic rings. The molecular formula is C21H21N5O2. The molecule has 0 fully saturated rings. The van der Waals surface area contributed by atoms with Gasteiger partial charge in [0.1, 0.15) is 5.75 Å². The first-order valence-corrected chi connectivity index (χ1v) is 9.14. The number of phenolic OH excluding ortho intramolecular Hbond substituents is 1. The van der Waals surface area contributed by atoms with Crippen molar-refractivity contribution in [2.45, 2.75) is 19.5 Å². The summed E-state index contributed by atoms with van der Waals surface area (Å²) in [6, 6.07) is 17.0. The molecule has 28 heavy (non-hydrogen) atoms. The average molecular weight is 375 g/mol. The van der Waals surface area contributed by atoms with Crippen LogP contribution in [0.5, 0.6) is 5.75 Å². The Balaban J connectivity index is 1.44. The molecule has 2 heterocycles. The van der Waals surface area contributed by atoms with Gasteiger partial charge in [-0.25, -0.2) is 10.4 Å². The van der Waals surface area contributed by atoms with E-state index in [4.69, 9.17) is 0 Å². The lowest BCUT2D eigenvalue weighted by Crippen LogP contribution is -2.35. The number of aromatic amines is 1. The van der Waals surface area contributed by atoms with Gasteiger partial charge in [-0.3, -0.25) is 14.7 Å². The van der Waals surface area contributed by atoms with Crippen LogP contribution >= 0.6 is 0 Å². The maximum Gasteiger partial charge on any atom is 0.257 e. The van der Waals surface area contributed by atoms with Crippen molar-refractivity contribution >= 4 is 12.2 Å². The van der Waals surface area contributed by atoms with E-state index in [1.165, 1.54) is 5.56 Å². The van der Waals surface area contributed by atoms with Crippen molar-refractivity contribution < 1.29 is 5.11 Å². The average Bonchev–Trinajstić information content (AvgIpc) is 2.69. The maximum absolute atomic E-state index is 12.5. The lowest BCUT2D eigenvalue weighted by molar-refractivity contribution is 0.242. The Labute approximate surface area is 162 Å². The minimum absolute atomic E-state index is 0.141. The van der Waals surface area contributed by atoms with Gasteiger partial charge < -0.3 is 5.11 Å². The van der Waals surface area contributed by atoms with Crippen LogP contribution in [0.15, 0.2) is 64.5 Å². The smallest absolute Gasteiger partial charge is 0.257 e. The molecule has 0 unspecified atom stereocenters. The second-order valence-electron chi connectivity index (χ2n) is 6.75. The summed E-state index contributed by atoms with van der Waals surface area (Å²) in [5, 5.41) is 13.6. The zero-order valence-corrected chi connectivity index (χ0v) is 15.3. The fraction of sp³-hybridized carbons (Fsp3) is 0.190. The number of nitrogens with one attached hydrogen (secondary N) is 2. The molecule has 1 aliphatic heterocycles. The van der Waals surface area contributed by atoms with Crippen LogP contribution < -0.4 is 11.0 Å². The molecular weight excluding hydrogens is 354 g/mol. The van der Waals surface area contributed by atoms with Crippen LogP contribution in [0.4, 0.5) is 5.95 Å². The van der Waals surface area contributed by atoms with E-state index in [0.29, 0.717) is 18.1 Å². The number of benzene rings is 2. The number of fused-ring (bicyclic) bond motifs is 1. The molecule has 0 spiro atoms. The van der Waals surface area contributed by atoms with Gasteiger partial charge in [0.15, 0.2) is 0 Å². The van der Waals surface area contributed by atoms with Gasteiger partial charge in [0.05, 0.1) is 17.5 Å². The second-order valence-corrected chi connectivity index (χ2v) is 6.75. The first-order chi connectivity index (χ1) is 13.7. The fourth-order valence-corrected chi connectivity index (χ4v) is 3.28. The van der Waals surface area contributed by atoms with Gasteiger partial charge in [0.25, 0.3) is 5.56 Å². The number of aromatic nitrogens is 2. The van der Waals surface area contributed by atoms with Gasteiger partial charge in [0.2, 0.25) is 5.95 Å².